The van der Waals surface area contributed by atoms with Crippen molar-refractivity contribution in [3.05, 3.63) is 35.7 Å². The number of nitrogens with zero attached hydrogens (tertiary/aromatic N) is 1. The van der Waals surface area contributed by atoms with E-state index in [9.17, 15) is 14.4 Å². The van der Waals surface area contributed by atoms with Crippen molar-refractivity contribution in [2.75, 3.05) is 18.5 Å². The van der Waals surface area contributed by atoms with Crippen LogP contribution >= 0.6 is 0 Å². The molecule has 0 aliphatic carbocycles. The third-order valence-electron chi connectivity index (χ3n) is 2.46. The first kappa shape index (κ1) is 18.1. The molecule has 0 saturated carbocycles. The fourth-order valence-corrected chi connectivity index (χ4v) is 1.47. The Bertz CT molecular complexity index is 615. The predicted octanol–water partition coefficient (Wildman–Crippen LogP) is -1.04. The Morgan fingerprint density at radius 3 is 2.61 bits per heavy atom. The summed E-state index contributed by atoms with van der Waals surface area (Å²) in [6, 6.07) is 5.21. The Morgan fingerprint density at radius 2 is 1.96 bits per heavy atom. The molecule has 0 radical (unpaired) electrons. The quantitative estimate of drug-likeness (QED) is 0.258. The van der Waals surface area contributed by atoms with E-state index < -0.39 is 17.7 Å². The standard InChI is InChI=1S/C14H19N5O4/c1-9-4-3-5-11(16-9)17-12(21)8-10(2)18-19-14(23)13(22)15-6-7-20/h3-5,8,18,20H,6-7H2,1-2H3,(H,15,22)(H,19,23)(H,16,17,21). The van der Waals surface area contributed by atoms with Gasteiger partial charge in [0.05, 0.1) is 6.61 Å². The van der Waals surface area contributed by atoms with Crippen molar-refractivity contribution in [1.29, 1.82) is 0 Å². The summed E-state index contributed by atoms with van der Waals surface area (Å²) in [6.45, 7) is 3.05. The monoisotopic (exact) mass is 321 g/mol. The summed E-state index contributed by atoms with van der Waals surface area (Å²) in [4.78, 5) is 38.5. The molecule has 124 valence electrons. The van der Waals surface area contributed by atoms with Gasteiger partial charge in [-0.15, -0.1) is 0 Å². The van der Waals surface area contributed by atoms with Crippen LogP contribution in [0.25, 0.3) is 0 Å². The molecular weight excluding hydrogens is 302 g/mol. The SMILES string of the molecule is CC(=CC(=O)Nc1cccc(C)n1)NNC(=O)C(=O)NCCO. The molecule has 1 rings (SSSR count). The van der Waals surface area contributed by atoms with Crippen molar-refractivity contribution >= 4 is 23.5 Å². The number of anilines is 1. The van der Waals surface area contributed by atoms with Crippen LogP contribution in [0.1, 0.15) is 12.6 Å². The molecule has 1 heterocycles. The van der Waals surface area contributed by atoms with Crippen LogP contribution in [-0.4, -0.2) is 41.0 Å². The van der Waals surface area contributed by atoms with Gasteiger partial charge in [0, 0.05) is 24.0 Å². The van der Waals surface area contributed by atoms with Crippen LogP contribution in [-0.2, 0) is 14.4 Å². The largest absolute Gasteiger partial charge is 0.395 e. The molecule has 0 spiro atoms. The summed E-state index contributed by atoms with van der Waals surface area (Å²) in [7, 11) is 0. The number of amides is 3. The molecular formula is C14H19N5O4. The highest BCUT2D eigenvalue weighted by atomic mass is 16.3. The highest BCUT2D eigenvalue weighted by Gasteiger charge is 2.11. The van der Waals surface area contributed by atoms with Crippen LogP contribution in [0.3, 0.4) is 0 Å². The van der Waals surface area contributed by atoms with E-state index in [1.807, 2.05) is 0 Å². The number of carbonyl (C=O) groups excluding carboxylic acids is 3. The Balaban J connectivity index is 2.45. The smallest absolute Gasteiger partial charge is 0.327 e. The summed E-state index contributed by atoms with van der Waals surface area (Å²) in [6.07, 6.45) is 1.20. The maximum absolute atomic E-state index is 11.8. The number of aromatic nitrogens is 1. The van der Waals surface area contributed by atoms with Crippen molar-refractivity contribution in [2.45, 2.75) is 13.8 Å². The number of rotatable bonds is 6. The molecule has 3 amide bonds. The Labute approximate surface area is 133 Å². The third kappa shape index (κ3) is 7.05. The minimum atomic E-state index is -0.938. The molecule has 1 aromatic rings. The number of hydrogen-bond donors (Lipinski definition) is 5. The summed E-state index contributed by atoms with van der Waals surface area (Å²) < 4.78 is 0. The number of hydrogen-bond acceptors (Lipinski definition) is 6. The molecule has 0 saturated heterocycles. The van der Waals surface area contributed by atoms with Crippen LogP contribution in [0.2, 0.25) is 0 Å². The molecule has 0 fully saturated rings. The number of aryl methyl sites for hydroxylation is 1. The van der Waals surface area contributed by atoms with Gasteiger partial charge < -0.3 is 21.2 Å². The van der Waals surface area contributed by atoms with Crippen molar-refractivity contribution in [1.82, 2.24) is 21.2 Å². The first-order valence-corrected chi connectivity index (χ1v) is 6.80. The number of nitrogens with one attached hydrogen (secondary N) is 4. The van der Waals surface area contributed by atoms with Crippen LogP contribution in [0.15, 0.2) is 30.0 Å². The van der Waals surface area contributed by atoms with Crippen LogP contribution < -0.4 is 21.5 Å². The molecule has 0 aliphatic heterocycles. The lowest BCUT2D eigenvalue weighted by atomic mass is 10.3. The molecule has 0 aliphatic rings. The number of aliphatic hydroxyl groups excluding tert-OH is 1. The van der Waals surface area contributed by atoms with E-state index in [1.165, 1.54) is 13.0 Å². The zero-order valence-corrected chi connectivity index (χ0v) is 12.8. The molecule has 0 aromatic carbocycles. The van der Waals surface area contributed by atoms with E-state index in [4.69, 9.17) is 5.11 Å². The molecule has 23 heavy (non-hydrogen) atoms. The summed E-state index contributed by atoms with van der Waals surface area (Å²) >= 11 is 0. The van der Waals surface area contributed by atoms with Gasteiger partial charge in [0.2, 0.25) is 0 Å². The van der Waals surface area contributed by atoms with E-state index in [0.29, 0.717) is 11.5 Å². The molecule has 9 nitrogen and oxygen atoms in total. The zero-order chi connectivity index (χ0) is 17.2. The summed E-state index contributed by atoms with van der Waals surface area (Å²) in [5, 5.41) is 13.3. The predicted molar refractivity (Wildman–Crippen MR) is 82.7 cm³/mol. The average Bonchev–Trinajstić information content (AvgIpc) is 2.50. The minimum Gasteiger partial charge on any atom is -0.395 e. The van der Waals surface area contributed by atoms with Gasteiger partial charge in [-0.25, -0.2) is 4.98 Å². The summed E-state index contributed by atoms with van der Waals surface area (Å²) in [5.41, 5.74) is 5.63. The topological polar surface area (TPSA) is 132 Å². The third-order valence-corrected chi connectivity index (χ3v) is 2.46. The Hall–Kier alpha value is -2.94. The van der Waals surface area contributed by atoms with Gasteiger partial charge in [-0.3, -0.25) is 19.8 Å². The Morgan fingerprint density at radius 1 is 1.22 bits per heavy atom. The van der Waals surface area contributed by atoms with Crippen LogP contribution in [0, 0.1) is 6.92 Å². The molecule has 0 unspecified atom stereocenters. The Kier molecular flexibility index (Phi) is 7.21. The van der Waals surface area contributed by atoms with E-state index in [2.05, 4.69) is 26.5 Å². The first-order chi connectivity index (χ1) is 10.9. The van der Waals surface area contributed by atoms with Gasteiger partial charge in [-0.1, -0.05) is 6.07 Å². The fraction of sp³-hybridized carbons (Fsp3) is 0.286. The van der Waals surface area contributed by atoms with Gasteiger partial charge in [0.25, 0.3) is 5.91 Å². The van der Waals surface area contributed by atoms with E-state index in [0.717, 1.165) is 5.69 Å². The van der Waals surface area contributed by atoms with Gasteiger partial charge in [0.1, 0.15) is 5.82 Å². The number of aliphatic hydroxyl groups is 1. The maximum Gasteiger partial charge on any atom is 0.327 e. The zero-order valence-electron chi connectivity index (χ0n) is 12.8. The van der Waals surface area contributed by atoms with E-state index in [-0.39, 0.29) is 13.2 Å². The van der Waals surface area contributed by atoms with E-state index >= 15 is 0 Å². The molecule has 0 atom stereocenters. The number of pyridine rings is 1. The summed E-state index contributed by atoms with van der Waals surface area (Å²) in [5.74, 6) is -1.86. The maximum atomic E-state index is 11.8. The lowest BCUT2D eigenvalue weighted by molar-refractivity contribution is -0.139. The first-order valence-electron chi connectivity index (χ1n) is 6.80. The van der Waals surface area contributed by atoms with Gasteiger partial charge in [0.15, 0.2) is 0 Å². The average molecular weight is 321 g/mol. The van der Waals surface area contributed by atoms with Gasteiger partial charge >= 0.3 is 11.8 Å². The van der Waals surface area contributed by atoms with Crippen LogP contribution in [0.5, 0.6) is 0 Å². The number of hydrazine groups is 1. The molecule has 0 bridgehead atoms. The lowest BCUT2D eigenvalue weighted by Crippen LogP contribution is -2.46. The second-order valence-corrected chi connectivity index (χ2v) is 4.54. The highest BCUT2D eigenvalue weighted by molar-refractivity contribution is 6.34. The molecule has 5 N–H and O–H groups in total. The number of allylic oxidation sites excluding steroid dienone is 1. The fourth-order valence-electron chi connectivity index (χ4n) is 1.47. The van der Waals surface area contributed by atoms with Crippen molar-refractivity contribution in [3.63, 3.8) is 0 Å². The van der Waals surface area contributed by atoms with Gasteiger partial charge in [-0.2, -0.15) is 0 Å². The van der Waals surface area contributed by atoms with Crippen molar-refractivity contribution in [3.8, 4) is 0 Å². The number of carbonyl (C=O) groups is 3. The normalized spacial score (nSPS) is 10.7. The molecule has 1 aromatic heterocycles. The second kappa shape index (κ2) is 9.15. The van der Waals surface area contributed by atoms with Gasteiger partial charge in [-0.05, 0) is 26.0 Å². The van der Waals surface area contributed by atoms with Crippen molar-refractivity contribution < 1.29 is 19.5 Å². The molecule has 9 heteroatoms. The minimum absolute atomic E-state index is 0.0209. The van der Waals surface area contributed by atoms with Crippen molar-refractivity contribution in [2.24, 2.45) is 0 Å². The highest BCUT2D eigenvalue weighted by Crippen LogP contribution is 2.03. The van der Waals surface area contributed by atoms with E-state index in [1.54, 1.807) is 25.1 Å². The van der Waals surface area contributed by atoms with Crippen LogP contribution in [0.4, 0.5) is 5.82 Å². The lowest BCUT2D eigenvalue weighted by Gasteiger charge is -2.09. The second-order valence-electron chi connectivity index (χ2n) is 4.54.